The number of nitrogens with zero attached hydrogens (tertiary/aromatic N) is 1. The summed E-state index contributed by atoms with van der Waals surface area (Å²) < 4.78 is 35.4. The molecular formula is C11H14F2N2O3. The molecule has 0 radical (unpaired) electrons. The number of aromatic nitrogens is 1. The Morgan fingerprint density at radius 3 is 2.67 bits per heavy atom. The van der Waals surface area contributed by atoms with E-state index in [1.54, 1.807) is 6.92 Å². The molecule has 0 aromatic carbocycles. The van der Waals surface area contributed by atoms with Gasteiger partial charge in [-0.15, -0.1) is 0 Å². The standard InChI is InChI=1S/C11H14F2N2O3/c1-3-18-11(16)8-6(10(12)13)5-15-7(4-14)9(8)17-2/h5,10H,3-4,14H2,1-2H3. The highest BCUT2D eigenvalue weighted by Gasteiger charge is 2.26. The molecule has 1 aromatic heterocycles. The molecule has 0 fully saturated rings. The monoisotopic (exact) mass is 260 g/mol. The molecule has 1 heterocycles. The molecule has 1 rings (SSSR count). The summed E-state index contributed by atoms with van der Waals surface area (Å²) in [5, 5.41) is 0. The Kier molecular flexibility index (Phi) is 4.96. The van der Waals surface area contributed by atoms with Crippen LogP contribution in [0.4, 0.5) is 8.78 Å². The van der Waals surface area contributed by atoms with Crippen LogP contribution in [0.25, 0.3) is 0 Å². The third-order valence-electron chi connectivity index (χ3n) is 2.25. The van der Waals surface area contributed by atoms with Crippen LogP contribution in [0, 0.1) is 0 Å². The van der Waals surface area contributed by atoms with Gasteiger partial charge in [-0.25, -0.2) is 13.6 Å². The molecule has 0 saturated heterocycles. The van der Waals surface area contributed by atoms with Crippen LogP contribution in [-0.4, -0.2) is 24.7 Å². The molecule has 0 unspecified atom stereocenters. The maximum Gasteiger partial charge on any atom is 0.342 e. The SMILES string of the molecule is CCOC(=O)c1c(C(F)F)cnc(CN)c1OC. The minimum absolute atomic E-state index is 0.0287. The zero-order valence-electron chi connectivity index (χ0n) is 10.1. The van der Waals surface area contributed by atoms with Crippen LogP contribution in [0.5, 0.6) is 5.75 Å². The normalized spacial score (nSPS) is 10.6. The third-order valence-corrected chi connectivity index (χ3v) is 2.25. The summed E-state index contributed by atoms with van der Waals surface area (Å²) in [5.74, 6) is -0.935. The number of hydrogen-bond acceptors (Lipinski definition) is 5. The van der Waals surface area contributed by atoms with Crippen LogP contribution >= 0.6 is 0 Å². The maximum atomic E-state index is 12.8. The quantitative estimate of drug-likeness (QED) is 0.815. The Hall–Kier alpha value is -1.76. The third kappa shape index (κ3) is 2.73. The highest BCUT2D eigenvalue weighted by molar-refractivity contribution is 5.94. The van der Waals surface area contributed by atoms with Crippen LogP contribution < -0.4 is 10.5 Å². The van der Waals surface area contributed by atoms with Gasteiger partial charge in [0, 0.05) is 12.7 Å². The van der Waals surface area contributed by atoms with E-state index in [1.807, 2.05) is 0 Å². The number of carbonyl (C=O) groups is 1. The van der Waals surface area contributed by atoms with E-state index in [1.165, 1.54) is 7.11 Å². The predicted octanol–water partition coefficient (Wildman–Crippen LogP) is 1.66. The van der Waals surface area contributed by atoms with Crippen molar-refractivity contribution < 1.29 is 23.0 Å². The Bertz CT molecular complexity index is 439. The van der Waals surface area contributed by atoms with E-state index in [-0.39, 0.29) is 30.2 Å². The molecule has 1 aromatic rings. The van der Waals surface area contributed by atoms with Crippen molar-refractivity contribution in [3.63, 3.8) is 0 Å². The lowest BCUT2D eigenvalue weighted by atomic mass is 10.1. The van der Waals surface area contributed by atoms with Crippen molar-refractivity contribution in [3.8, 4) is 5.75 Å². The second-order valence-corrected chi connectivity index (χ2v) is 3.29. The number of halogens is 2. The molecular weight excluding hydrogens is 246 g/mol. The van der Waals surface area contributed by atoms with E-state index in [0.717, 1.165) is 6.20 Å². The number of pyridine rings is 1. The summed E-state index contributed by atoms with van der Waals surface area (Å²) >= 11 is 0. The van der Waals surface area contributed by atoms with Gasteiger partial charge in [-0.1, -0.05) is 0 Å². The van der Waals surface area contributed by atoms with Gasteiger partial charge in [-0.05, 0) is 6.92 Å². The summed E-state index contributed by atoms with van der Waals surface area (Å²) in [7, 11) is 1.26. The first kappa shape index (κ1) is 14.3. The van der Waals surface area contributed by atoms with Crippen molar-refractivity contribution in [3.05, 3.63) is 23.0 Å². The minimum Gasteiger partial charge on any atom is -0.494 e. The first-order valence-corrected chi connectivity index (χ1v) is 5.27. The second-order valence-electron chi connectivity index (χ2n) is 3.29. The summed E-state index contributed by atoms with van der Waals surface area (Å²) in [6.07, 6.45) is -1.93. The van der Waals surface area contributed by atoms with Crippen LogP contribution in [0.3, 0.4) is 0 Å². The number of rotatable bonds is 5. The van der Waals surface area contributed by atoms with Gasteiger partial charge in [0.1, 0.15) is 5.56 Å². The van der Waals surface area contributed by atoms with Gasteiger partial charge in [-0.2, -0.15) is 0 Å². The molecule has 100 valence electrons. The van der Waals surface area contributed by atoms with E-state index in [2.05, 4.69) is 4.98 Å². The van der Waals surface area contributed by atoms with Gasteiger partial charge in [0.25, 0.3) is 6.43 Å². The van der Waals surface area contributed by atoms with Crippen molar-refractivity contribution in [2.75, 3.05) is 13.7 Å². The maximum absolute atomic E-state index is 12.8. The van der Waals surface area contributed by atoms with Gasteiger partial charge in [0.15, 0.2) is 5.75 Å². The molecule has 0 spiro atoms. The topological polar surface area (TPSA) is 74.4 Å². The van der Waals surface area contributed by atoms with Crippen LogP contribution in [0.15, 0.2) is 6.20 Å². The molecule has 2 N–H and O–H groups in total. The van der Waals surface area contributed by atoms with E-state index < -0.39 is 18.0 Å². The molecule has 0 aliphatic carbocycles. The largest absolute Gasteiger partial charge is 0.494 e. The van der Waals surface area contributed by atoms with Crippen molar-refractivity contribution in [2.45, 2.75) is 19.9 Å². The van der Waals surface area contributed by atoms with Gasteiger partial charge in [0.05, 0.1) is 25.0 Å². The van der Waals surface area contributed by atoms with Crippen LogP contribution in [-0.2, 0) is 11.3 Å². The summed E-state index contributed by atoms with van der Waals surface area (Å²) in [6, 6.07) is 0. The highest BCUT2D eigenvalue weighted by Crippen LogP contribution is 2.31. The van der Waals surface area contributed by atoms with Crippen molar-refractivity contribution in [1.29, 1.82) is 0 Å². The van der Waals surface area contributed by atoms with E-state index in [4.69, 9.17) is 15.2 Å². The Labute approximate surface area is 103 Å². The van der Waals surface area contributed by atoms with E-state index in [0.29, 0.717) is 0 Å². The second kappa shape index (κ2) is 6.25. The predicted molar refractivity (Wildman–Crippen MR) is 59.6 cm³/mol. The fourth-order valence-electron chi connectivity index (χ4n) is 1.49. The Balaban J connectivity index is 3.43. The lowest BCUT2D eigenvalue weighted by Gasteiger charge is -2.14. The average molecular weight is 260 g/mol. The fourth-order valence-corrected chi connectivity index (χ4v) is 1.49. The van der Waals surface area contributed by atoms with E-state index >= 15 is 0 Å². The molecule has 7 heteroatoms. The smallest absolute Gasteiger partial charge is 0.342 e. The van der Waals surface area contributed by atoms with Crippen LogP contribution in [0.1, 0.15) is 35.0 Å². The van der Waals surface area contributed by atoms with E-state index in [9.17, 15) is 13.6 Å². The Morgan fingerprint density at radius 2 is 2.22 bits per heavy atom. The first-order valence-electron chi connectivity index (χ1n) is 5.27. The number of esters is 1. The molecule has 0 bridgehead atoms. The van der Waals surface area contributed by atoms with Gasteiger partial charge < -0.3 is 15.2 Å². The van der Waals surface area contributed by atoms with Crippen molar-refractivity contribution in [1.82, 2.24) is 4.98 Å². The first-order chi connectivity index (χ1) is 8.56. The number of hydrogen-bond donors (Lipinski definition) is 1. The number of alkyl halides is 2. The number of ether oxygens (including phenoxy) is 2. The number of nitrogens with two attached hydrogens (primary N) is 1. The molecule has 0 atom stereocenters. The molecule has 0 aliphatic heterocycles. The Morgan fingerprint density at radius 1 is 1.56 bits per heavy atom. The lowest BCUT2D eigenvalue weighted by Crippen LogP contribution is -2.14. The summed E-state index contributed by atoms with van der Waals surface area (Å²) in [4.78, 5) is 15.5. The minimum atomic E-state index is -2.85. The fraction of sp³-hybridized carbons (Fsp3) is 0.455. The molecule has 18 heavy (non-hydrogen) atoms. The number of carbonyl (C=O) groups excluding carboxylic acids is 1. The summed E-state index contributed by atoms with van der Waals surface area (Å²) in [5.41, 5.74) is 4.80. The highest BCUT2D eigenvalue weighted by atomic mass is 19.3. The molecule has 5 nitrogen and oxygen atoms in total. The van der Waals surface area contributed by atoms with Crippen molar-refractivity contribution >= 4 is 5.97 Å². The van der Waals surface area contributed by atoms with Crippen molar-refractivity contribution in [2.24, 2.45) is 5.73 Å². The zero-order valence-corrected chi connectivity index (χ0v) is 10.1. The van der Waals surface area contributed by atoms with Gasteiger partial charge in [-0.3, -0.25) is 4.98 Å². The molecule has 0 saturated carbocycles. The summed E-state index contributed by atoms with van der Waals surface area (Å²) in [6.45, 7) is 1.63. The van der Waals surface area contributed by atoms with Crippen LogP contribution in [0.2, 0.25) is 0 Å². The van der Waals surface area contributed by atoms with Gasteiger partial charge >= 0.3 is 5.97 Å². The lowest BCUT2D eigenvalue weighted by molar-refractivity contribution is 0.0510. The average Bonchev–Trinajstić information content (AvgIpc) is 2.36. The zero-order chi connectivity index (χ0) is 13.7. The number of methoxy groups -OCH3 is 1. The molecule has 0 amide bonds. The van der Waals surface area contributed by atoms with Gasteiger partial charge in [0.2, 0.25) is 0 Å². The molecule has 0 aliphatic rings.